The first kappa shape index (κ1) is 7.91. The Hall–Kier alpha value is -3.16. The second-order valence-electron chi connectivity index (χ2n) is 4.80. The van der Waals surface area contributed by atoms with E-state index in [2.05, 4.69) is 20.1 Å². The maximum atomic E-state index is 8.46. The third-order valence-electron chi connectivity index (χ3n) is 3.38. The zero-order chi connectivity index (χ0) is 22.1. The lowest BCUT2D eigenvalue weighted by Gasteiger charge is -2.05. The molecule has 0 atom stereocenters. The van der Waals surface area contributed by atoms with E-state index in [0.717, 1.165) is 6.33 Å². The largest absolute Gasteiger partial charge is 0.424 e. The van der Waals surface area contributed by atoms with E-state index < -0.39 is 19.7 Å². The molecule has 4 aromatic rings. The molecular formula is C15H15N7O. The number of anilines is 2. The van der Waals surface area contributed by atoms with Gasteiger partial charge in [0, 0.05) is 19.8 Å². The SMILES string of the molecule is [2H]C([2H])([2H])C([2H])(n1nc(-c2ccc3oc(N)nc3c2)c2c(N)ncnc21)C([2H])([2H])[2H]. The summed E-state index contributed by atoms with van der Waals surface area (Å²) in [4.78, 5) is 11.9. The second kappa shape index (κ2) is 4.67. The molecule has 3 aromatic heterocycles. The molecule has 4 N–H and O–H groups in total. The number of hydrogen-bond acceptors (Lipinski definition) is 7. The third-order valence-corrected chi connectivity index (χ3v) is 3.38. The highest BCUT2D eigenvalue weighted by atomic mass is 16.4. The normalized spacial score (nSPS) is 17.8. The van der Waals surface area contributed by atoms with Crippen LogP contribution in [0.5, 0.6) is 0 Å². The highest BCUT2D eigenvalue weighted by Crippen LogP contribution is 2.33. The molecule has 0 fully saturated rings. The molecule has 0 spiro atoms. The molecule has 0 radical (unpaired) electrons. The minimum Gasteiger partial charge on any atom is -0.424 e. The van der Waals surface area contributed by atoms with E-state index in [9.17, 15) is 0 Å². The number of oxazole rings is 1. The maximum absolute atomic E-state index is 8.46. The number of benzene rings is 1. The summed E-state index contributed by atoms with van der Waals surface area (Å²) >= 11 is 0. The zero-order valence-corrected chi connectivity index (χ0v) is 11.6. The summed E-state index contributed by atoms with van der Waals surface area (Å²) in [5, 5.41) is 4.29. The molecule has 0 saturated heterocycles. The molecule has 0 aliphatic carbocycles. The van der Waals surface area contributed by atoms with E-state index in [1.807, 2.05) is 0 Å². The van der Waals surface area contributed by atoms with Crippen LogP contribution in [-0.4, -0.2) is 24.7 Å². The lowest BCUT2D eigenvalue weighted by atomic mass is 10.1. The number of fused-ring (bicyclic) bond motifs is 2. The number of nitrogens with zero attached hydrogens (tertiary/aromatic N) is 5. The summed E-state index contributed by atoms with van der Waals surface area (Å²) < 4.78 is 60.7. The quantitative estimate of drug-likeness (QED) is 0.582. The van der Waals surface area contributed by atoms with Crippen molar-refractivity contribution in [3.05, 3.63) is 24.5 Å². The average molecular weight is 316 g/mol. The van der Waals surface area contributed by atoms with Crippen molar-refractivity contribution in [2.45, 2.75) is 19.7 Å². The first-order chi connectivity index (χ1) is 13.8. The van der Waals surface area contributed by atoms with Crippen LogP contribution in [0.15, 0.2) is 28.9 Å². The number of rotatable bonds is 2. The Labute approximate surface area is 141 Å². The molecule has 0 aliphatic rings. The number of hydrogen-bond donors (Lipinski definition) is 2. The van der Waals surface area contributed by atoms with Crippen LogP contribution in [0.1, 0.15) is 29.3 Å². The summed E-state index contributed by atoms with van der Waals surface area (Å²) in [7, 11) is 0. The van der Waals surface area contributed by atoms with Gasteiger partial charge in [-0.2, -0.15) is 10.1 Å². The van der Waals surface area contributed by atoms with Crippen LogP contribution in [0.3, 0.4) is 0 Å². The van der Waals surface area contributed by atoms with Gasteiger partial charge in [0.05, 0.1) is 6.76 Å². The van der Waals surface area contributed by atoms with Crippen LogP contribution in [0.2, 0.25) is 0 Å². The molecule has 0 aliphatic heterocycles. The molecule has 4 rings (SSSR count). The first-order valence-electron chi connectivity index (χ1n) is 10.0. The Morgan fingerprint density at radius 3 is 3.00 bits per heavy atom. The van der Waals surface area contributed by atoms with Gasteiger partial charge < -0.3 is 15.9 Å². The van der Waals surface area contributed by atoms with Crippen molar-refractivity contribution in [1.29, 1.82) is 0 Å². The van der Waals surface area contributed by atoms with Crippen LogP contribution < -0.4 is 11.5 Å². The number of aromatic nitrogens is 5. The van der Waals surface area contributed by atoms with Crippen LogP contribution in [0.25, 0.3) is 33.4 Å². The Kier molecular flexibility index (Phi) is 1.61. The van der Waals surface area contributed by atoms with Crippen molar-refractivity contribution in [2.75, 3.05) is 11.5 Å². The van der Waals surface area contributed by atoms with E-state index in [1.165, 1.54) is 0 Å². The third kappa shape index (κ3) is 1.99. The van der Waals surface area contributed by atoms with Crippen molar-refractivity contribution >= 4 is 34.0 Å². The summed E-state index contributed by atoms with van der Waals surface area (Å²) in [6.45, 7) is -6.53. The summed E-state index contributed by atoms with van der Waals surface area (Å²) in [5.74, 6) is -0.0561. The highest BCUT2D eigenvalue weighted by Gasteiger charge is 2.19. The molecule has 3 heterocycles. The minimum absolute atomic E-state index is 0.0460. The predicted octanol–water partition coefficient (Wildman–Crippen LogP) is 2.38. The predicted molar refractivity (Wildman–Crippen MR) is 87.5 cm³/mol. The van der Waals surface area contributed by atoms with Crippen LogP contribution in [0, 0.1) is 0 Å². The fourth-order valence-electron chi connectivity index (χ4n) is 2.43. The number of nitrogens with two attached hydrogens (primary N) is 2. The smallest absolute Gasteiger partial charge is 0.292 e. The van der Waals surface area contributed by atoms with Crippen molar-refractivity contribution in [3.63, 3.8) is 0 Å². The summed E-state index contributed by atoms with van der Waals surface area (Å²) in [6.07, 6.45) is 1.04. The fourth-order valence-corrected chi connectivity index (χ4v) is 2.43. The van der Waals surface area contributed by atoms with Gasteiger partial charge in [-0.25, -0.2) is 14.6 Å². The van der Waals surface area contributed by atoms with Gasteiger partial charge in [0.15, 0.2) is 11.2 Å². The first-order valence-corrected chi connectivity index (χ1v) is 6.51. The molecular weight excluding hydrogens is 294 g/mol. The van der Waals surface area contributed by atoms with Gasteiger partial charge in [-0.3, -0.25) is 0 Å². The Bertz CT molecular complexity index is 1260. The Morgan fingerprint density at radius 1 is 1.30 bits per heavy atom. The molecule has 0 saturated carbocycles. The lowest BCUT2D eigenvalue weighted by molar-refractivity contribution is 0.548. The molecule has 0 amide bonds. The summed E-state index contributed by atoms with van der Waals surface area (Å²) in [5.41, 5.74) is 12.7. The Morgan fingerprint density at radius 2 is 2.17 bits per heavy atom. The number of nitrogen functional groups attached to an aromatic ring is 2. The van der Waals surface area contributed by atoms with Crippen molar-refractivity contribution in [2.24, 2.45) is 0 Å². The topological polar surface area (TPSA) is 122 Å². The van der Waals surface area contributed by atoms with Crippen LogP contribution in [0.4, 0.5) is 11.8 Å². The van der Waals surface area contributed by atoms with E-state index >= 15 is 0 Å². The molecule has 1 aromatic carbocycles. The second-order valence-corrected chi connectivity index (χ2v) is 4.80. The molecule has 116 valence electrons. The van der Waals surface area contributed by atoms with E-state index in [-0.39, 0.29) is 28.6 Å². The molecule has 23 heavy (non-hydrogen) atoms. The van der Waals surface area contributed by atoms with Crippen LogP contribution in [-0.2, 0) is 0 Å². The summed E-state index contributed by atoms with van der Waals surface area (Å²) in [6, 6.07) is 1.54. The Balaban J connectivity index is 2.08. The monoisotopic (exact) mass is 316 g/mol. The fraction of sp³-hybridized carbons (Fsp3) is 0.200. The van der Waals surface area contributed by atoms with Gasteiger partial charge in [0.1, 0.15) is 23.4 Å². The van der Waals surface area contributed by atoms with Crippen molar-refractivity contribution in [3.8, 4) is 11.3 Å². The zero-order valence-electron chi connectivity index (χ0n) is 18.6. The van der Waals surface area contributed by atoms with Gasteiger partial charge in [-0.15, -0.1) is 0 Å². The van der Waals surface area contributed by atoms with Gasteiger partial charge in [-0.05, 0) is 31.9 Å². The van der Waals surface area contributed by atoms with Crippen molar-refractivity contribution in [1.82, 2.24) is 24.7 Å². The van der Waals surface area contributed by atoms with E-state index in [1.54, 1.807) is 18.2 Å². The maximum Gasteiger partial charge on any atom is 0.292 e. The molecule has 8 heteroatoms. The standard InChI is InChI=1S/C15H15N7O/c1-7(2)22-14-11(13(16)18-6-19-14)12(21-22)8-3-4-10-9(5-8)20-15(17)23-10/h3-7H,1-2H3,(H2,17,20)(H2,16,18,19)/i1D3,2D3,7D. The minimum atomic E-state index is -3.27. The average Bonchev–Trinajstić information content (AvgIpc) is 3.19. The lowest BCUT2D eigenvalue weighted by Crippen LogP contribution is -2.04. The van der Waals surface area contributed by atoms with Gasteiger partial charge in [0.25, 0.3) is 6.01 Å². The molecule has 8 nitrogen and oxygen atoms in total. The van der Waals surface area contributed by atoms with Crippen LogP contribution >= 0.6 is 0 Å². The van der Waals surface area contributed by atoms with Gasteiger partial charge in [-0.1, -0.05) is 0 Å². The molecule has 0 unspecified atom stereocenters. The van der Waals surface area contributed by atoms with E-state index in [0.29, 0.717) is 21.3 Å². The highest BCUT2D eigenvalue weighted by molar-refractivity contribution is 5.99. The van der Waals surface area contributed by atoms with E-state index in [4.69, 9.17) is 25.5 Å². The van der Waals surface area contributed by atoms with Gasteiger partial charge in [0.2, 0.25) is 0 Å². The molecule has 0 bridgehead atoms. The van der Waals surface area contributed by atoms with Gasteiger partial charge >= 0.3 is 0 Å². The van der Waals surface area contributed by atoms with Crippen molar-refractivity contribution < 1.29 is 14.0 Å².